The molecular formula is C10H19NO4. The maximum atomic E-state index is 11.1. The normalized spacial score (nSPS) is 9.73. The van der Waals surface area contributed by atoms with E-state index in [0.29, 0.717) is 39.2 Å². The average Bonchev–Trinajstić information content (AvgIpc) is 2.19. The van der Waals surface area contributed by atoms with Crippen LogP contribution in [0.15, 0.2) is 0 Å². The predicted octanol–water partition coefficient (Wildman–Crippen LogP) is 0.482. The fourth-order valence-corrected chi connectivity index (χ4v) is 0.928. The number of rotatable bonds is 8. The van der Waals surface area contributed by atoms with Gasteiger partial charge < -0.3 is 14.8 Å². The molecular weight excluding hydrogens is 198 g/mol. The third-order valence-electron chi connectivity index (χ3n) is 1.63. The predicted molar refractivity (Wildman–Crippen MR) is 55.4 cm³/mol. The molecule has 0 aliphatic heterocycles. The highest BCUT2D eigenvalue weighted by molar-refractivity contribution is 5.73. The molecule has 0 saturated carbocycles. The van der Waals surface area contributed by atoms with Crippen LogP contribution in [0.25, 0.3) is 0 Å². The van der Waals surface area contributed by atoms with Gasteiger partial charge in [-0.2, -0.15) is 0 Å². The molecule has 0 saturated heterocycles. The van der Waals surface area contributed by atoms with Gasteiger partial charge in [0.2, 0.25) is 5.91 Å². The van der Waals surface area contributed by atoms with Crippen molar-refractivity contribution in [3.8, 4) is 0 Å². The molecule has 0 heterocycles. The van der Waals surface area contributed by atoms with E-state index in [4.69, 9.17) is 9.47 Å². The fraction of sp³-hybridized carbons (Fsp3) is 0.800. The van der Waals surface area contributed by atoms with Gasteiger partial charge >= 0.3 is 5.97 Å². The van der Waals surface area contributed by atoms with Crippen LogP contribution in [-0.2, 0) is 19.1 Å². The van der Waals surface area contributed by atoms with Gasteiger partial charge in [-0.05, 0) is 13.3 Å². The van der Waals surface area contributed by atoms with Crippen molar-refractivity contribution in [1.29, 1.82) is 0 Å². The van der Waals surface area contributed by atoms with Gasteiger partial charge in [-0.15, -0.1) is 0 Å². The second kappa shape index (κ2) is 9.45. The lowest BCUT2D eigenvalue weighted by Crippen LogP contribution is -2.22. The summed E-state index contributed by atoms with van der Waals surface area (Å²) in [5, 5.41) is 2.61. The molecule has 0 aliphatic carbocycles. The van der Waals surface area contributed by atoms with E-state index >= 15 is 0 Å². The number of esters is 1. The van der Waals surface area contributed by atoms with Crippen LogP contribution < -0.4 is 5.32 Å². The molecule has 0 aromatic rings. The molecule has 0 aromatic heterocycles. The van der Waals surface area contributed by atoms with Crippen molar-refractivity contribution < 1.29 is 19.1 Å². The van der Waals surface area contributed by atoms with E-state index in [2.05, 4.69) is 5.32 Å². The Balaban J connectivity index is 3.22. The van der Waals surface area contributed by atoms with Crippen molar-refractivity contribution in [1.82, 2.24) is 5.32 Å². The highest BCUT2D eigenvalue weighted by Gasteiger charge is 2.02. The van der Waals surface area contributed by atoms with Crippen LogP contribution in [0, 0.1) is 0 Å². The minimum absolute atomic E-state index is 0.0836. The standard InChI is InChI=1S/C10H19NO4/c1-3-14-7-8-15-10(13)5-4-6-11-9(2)12/h3-8H2,1-2H3,(H,11,12). The second-order valence-electron chi connectivity index (χ2n) is 3.00. The van der Waals surface area contributed by atoms with Gasteiger partial charge in [0, 0.05) is 26.5 Å². The van der Waals surface area contributed by atoms with E-state index in [1.807, 2.05) is 6.92 Å². The van der Waals surface area contributed by atoms with Gasteiger partial charge in [0.05, 0.1) is 6.61 Å². The first kappa shape index (κ1) is 13.9. The summed E-state index contributed by atoms with van der Waals surface area (Å²) in [5.74, 6) is -0.334. The zero-order valence-electron chi connectivity index (χ0n) is 9.38. The summed E-state index contributed by atoms with van der Waals surface area (Å²) < 4.78 is 9.88. The fourth-order valence-electron chi connectivity index (χ4n) is 0.928. The molecule has 5 nitrogen and oxygen atoms in total. The van der Waals surface area contributed by atoms with Gasteiger partial charge in [0.1, 0.15) is 6.61 Å². The van der Waals surface area contributed by atoms with Crippen LogP contribution in [0.3, 0.4) is 0 Å². The molecule has 88 valence electrons. The number of nitrogens with one attached hydrogen (secondary N) is 1. The minimum Gasteiger partial charge on any atom is -0.463 e. The van der Waals surface area contributed by atoms with E-state index < -0.39 is 0 Å². The Kier molecular flexibility index (Phi) is 8.76. The summed E-state index contributed by atoms with van der Waals surface area (Å²) in [6.45, 7) is 5.20. The lowest BCUT2D eigenvalue weighted by molar-refractivity contribution is -0.145. The monoisotopic (exact) mass is 217 g/mol. The van der Waals surface area contributed by atoms with Crippen LogP contribution in [0.2, 0.25) is 0 Å². The molecule has 0 spiro atoms. The summed E-state index contributed by atoms with van der Waals surface area (Å²) in [6, 6.07) is 0. The summed E-state index contributed by atoms with van der Waals surface area (Å²) in [4.78, 5) is 21.5. The third-order valence-corrected chi connectivity index (χ3v) is 1.63. The summed E-state index contributed by atoms with van der Waals surface area (Å²) in [7, 11) is 0. The van der Waals surface area contributed by atoms with Crippen LogP contribution >= 0.6 is 0 Å². The molecule has 0 atom stereocenters. The molecule has 5 heteroatoms. The molecule has 0 unspecified atom stereocenters. The average molecular weight is 217 g/mol. The third kappa shape index (κ3) is 10.8. The highest BCUT2D eigenvalue weighted by Crippen LogP contribution is 1.91. The number of hydrogen-bond acceptors (Lipinski definition) is 4. The Morgan fingerprint density at radius 2 is 2.00 bits per heavy atom. The Hall–Kier alpha value is -1.10. The highest BCUT2D eigenvalue weighted by atomic mass is 16.6. The molecule has 15 heavy (non-hydrogen) atoms. The van der Waals surface area contributed by atoms with Gasteiger partial charge in [0.15, 0.2) is 0 Å². The van der Waals surface area contributed by atoms with Crippen molar-refractivity contribution in [2.45, 2.75) is 26.7 Å². The molecule has 0 rings (SSSR count). The lowest BCUT2D eigenvalue weighted by atomic mass is 10.3. The van der Waals surface area contributed by atoms with E-state index in [1.54, 1.807) is 0 Å². The second-order valence-corrected chi connectivity index (χ2v) is 3.00. The van der Waals surface area contributed by atoms with Crippen molar-refractivity contribution in [2.24, 2.45) is 0 Å². The van der Waals surface area contributed by atoms with Gasteiger partial charge in [0.25, 0.3) is 0 Å². The number of amides is 1. The van der Waals surface area contributed by atoms with Crippen molar-refractivity contribution in [3.63, 3.8) is 0 Å². The van der Waals surface area contributed by atoms with Crippen LogP contribution in [0.5, 0.6) is 0 Å². The molecule has 1 N–H and O–H groups in total. The Morgan fingerprint density at radius 3 is 2.60 bits per heavy atom. The van der Waals surface area contributed by atoms with E-state index in [9.17, 15) is 9.59 Å². The summed E-state index contributed by atoms with van der Waals surface area (Å²) in [5.41, 5.74) is 0. The topological polar surface area (TPSA) is 64.6 Å². The molecule has 1 amide bonds. The van der Waals surface area contributed by atoms with Gasteiger partial charge in [-0.25, -0.2) is 0 Å². The molecule has 0 bridgehead atoms. The maximum absolute atomic E-state index is 11.1. The smallest absolute Gasteiger partial charge is 0.305 e. The number of carbonyl (C=O) groups is 2. The Morgan fingerprint density at radius 1 is 1.27 bits per heavy atom. The van der Waals surface area contributed by atoms with Crippen molar-refractivity contribution in [3.05, 3.63) is 0 Å². The first-order chi connectivity index (χ1) is 7.16. The maximum Gasteiger partial charge on any atom is 0.305 e. The van der Waals surface area contributed by atoms with Crippen molar-refractivity contribution in [2.75, 3.05) is 26.4 Å². The lowest BCUT2D eigenvalue weighted by Gasteiger charge is -2.05. The van der Waals surface area contributed by atoms with Crippen LogP contribution in [0.4, 0.5) is 0 Å². The van der Waals surface area contributed by atoms with E-state index in [-0.39, 0.29) is 11.9 Å². The largest absolute Gasteiger partial charge is 0.463 e. The molecule has 0 aromatic carbocycles. The summed E-state index contributed by atoms with van der Waals surface area (Å²) in [6.07, 6.45) is 0.930. The first-order valence-corrected chi connectivity index (χ1v) is 5.14. The van der Waals surface area contributed by atoms with Gasteiger partial charge in [-0.3, -0.25) is 9.59 Å². The zero-order chi connectivity index (χ0) is 11.5. The molecule has 0 radical (unpaired) electrons. The molecule has 0 aliphatic rings. The van der Waals surface area contributed by atoms with Crippen LogP contribution in [-0.4, -0.2) is 38.2 Å². The zero-order valence-corrected chi connectivity index (χ0v) is 9.38. The Labute approximate surface area is 90.1 Å². The number of carbonyl (C=O) groups excluding carboxylic acids is 2. The van der Waals surface area contributed by atoms with Crippen LogP contribution in [0.1, 0.15) is 26.7 Å². The SMILES string of the molecule is CCOCCOC(=O)CCCNC(C)=O. The first-order valence-electron chi connectivity index (χ1n) is 5.14. The Bertz CT molecular complexity index is 194. The molecule has 0 fully saturated rings. The number of ether oxygens (including phenoxy) is 2. The van der Waals surface area contributed by atoms with E-state index in [1.165, 1.54) is 6.92 Å². The minimum atomic E-state index is -0.250. The summed E-state index contributed by atoms with van der Waals surface area (Å²) >= 11 is 0. The number of hydrogen-bond donors (Lipinski definition) is 1. The quantitative estimate of drug-likeness (QED) is 0.474. The van der Waals surface area contributed by atoms with E-state index in [0.717, 1.165) is 0 Å². The van der Waals surface area contributed by atoms with Crippen molar-refractivity contribution >= 4 is 11.9 Å². The van der Waals surface area contributed by atoms with Gasteiger partial charge in [-0.1, -0.05) is 0 Å².